The van der Waals surface area contributed by atoms with Crippen molar-refractivity contribution in [3.8, 4) is 0 Å². The van der Waals surface area contributed by atoms with Gasteiger partial charge in [0, 0.05) is 82.3 Å². The summed E-state index contributed by atoms with van der Waals surface area (Å²) < 4.78 is 4.36. The Hall–Kier alpha value is -4.86. The maximum Gasteiger partial charge on any atom is 0.270 e. The molecule has 2 aromatic carbocycles. The van der Waals surface area contributed by atoms with Gasteiger partial charge in [-0.3, -0.25) is 30.2 Å². The van der Waals surface area contributed by atoms with Crippen LogP contribution in [-0.2, 0) is 13.1 Å². The molecule has 0 amide bonds. The number of pyridine rings is 2. The lowest BCUT2D eigenvalue weighted by Gasteiger charge is -2.12. The SMILES string of the molecule is Cc1nccc2c3cc([N+](=O)[O-])ccc3n(CCCn3c4ccc([N+](=O)[O-])cc4c4ccnc(C)c43)c12. The highest BCUT2D eigenvalue weighted by molar-refractivity contribution is 6.10. The molecule has 0 radical (unpaired) electrons. The molecule has 0 fully saturated rings. The van der Waals surface area contributed by atoms with Crippen molar-refractivity contribution in [1.82, 2.24) is 19.1 Å². The summed E-state index contributed by atoms with van der Waals surface area (Å²) in [6.45, 7) is 5.22. The van der Waals surface area contributed by atoms with Crippen molar-refractivity contribution in [2.24, 2.45) is 0 Å². The Bertz CT molecular complexity index is 1760. The Morgan fingerprint density at radius 2 is 1.11 bits per heavy atom. The topological polar surface area (TPSA) is 122 Å². The molecule has 4 heterocycles. The maximum absolute atomic E-state index is 11.4. The average Bonchev–Trinajstić information content (AvgIpc) is 3.38. The van der Waals surface area contributed by atoms with E-state index in [0.29, 0.717) is 13.1 Å². The van der Waals surface area contributed by atoms with Crippen LogP contribution in [0.2, 0.25) is 0 Å². The molecule has 0 aliphatic heterocycles. The second-order valence-electron chi connectivity index (χ2n) is 9.16. The second kappa shape index (κ2) is 8.37. The van der Waals surface area contributed by atoms with Gasteiger partial charge in [-0.05, 0) is 44.5 Å². The fourth-order valence-corrected chi connectivity index (χ4v) is 5.50. The number of fused-ring (bicyclic) bond motifs is 6. The molecular weight excluding hydrogens is 472 g/mol. The van der Waals surface area contributed by atoms with Gasteiger partial charge in [0.15, 0.2) is 0 Å². The van der Waals surface area contributed by atoms with Gasteiger partial charge >= 0.3 is 0 Å². The van der Waals surface area contributed by atoms with Gasteiger partial charge < -0.3 is 9.13 Å². The summed E-state index contributed by atoms with van der Waals surface area (Å²) in [6.07, 6.45) is 4.22. The van der Waals surface area contributed by atoms with Gasteiger partial charge in [-0.2, -0.15) is 0 Å². The third-order valence-corrected chi connectivity index (χ3v) is 7.06. The van der Waals surface area contributed by atoms with Crippen molar-refractivity contribution in [1.29, 1.82) is 0 Å². The van der Waals surface area contributed by atoms with E-state index in [9.17, 15) is 20.2 Å². The summed E-state index contributed by atoms with van der Waals surface area (Å²) in [5.74, 6) is 0. The van der Waals surface area contributed by atoms with Crippen LogP contribution in [0.5, 0.6) is 0 Å². The number of benzene rings is 2. The summed E-state index contributed by atoms with van der Waals surface area (Å²) >= 11 is 0. The monoisotopic (exact) mass is 494 g/mol. The standard InChI is InChI=1S/C27H22N6O4/c1-16-26-20(8-10-28-16)22-14-18(32(34)35)4-6-24(22)30(26)12-3-13-31-25-7-5-19(33(36)37)15-23(25)21-9-11-29-17(2)27(21)31/h4-11,14-15H,3,12-13H2,1-2H3. The molecule has 37 heavy (non-hydrogen) atoms. The largest absolute Gasteiger partial charge is 0.339 e. The fraction of sp³-hybridized carbons (Fsp3) is 0.185. The molecule has 0 aliphatic carbocycles. The van der Waals surface area contributed by atoms with E-state index >= 15 is 0 Å². The van der Waals surface area contributed by atoms with Crippen LogP contribution >= 0.6 is 0 Å². The van der Waals surface area contributed by atoms with E-state index < -0.39 is 0 Å². The Balaban J connectivity index is 1.44. The molecule has 6 aromatic rings. The Kier molecular flexibility index (Phi) is 5.11. The van der Waals surface area contributed by atoms with Crippen molar-refractivity contribution in [3.63, 3.8) is 0 Å². The molecule has 0 saturated heterocycles. The van der Waals surface area contributed by atoms with Crippen LogP contribution in [0.25, 0.3) is 43.6 Å². The summed E-state index contributed by atoms with van der Waals surface area (Å²) in [7, 11) is 0. The number of nitro benzene ring substituents is 2. The first-order valence-electron chi connectivity index (χ1n) is 11.9. The Morgan fingerprint density at radius 3 is 1.51 bits per heavy atom. The van der Waals surface area contributed by atoms with E-state index in [1.165, 1.54) is 12.1 Å². The first-order chi connectivity index (χ1) is 17.8. The Labute approximate surface area is 210 Å². The van der Waals surface area contributed by atoms with Crippen LogP contribution in [0.4, 0.5) is 11.4 Å². The van der Waals surface area contributed by atoms with Crippen molar-refractivity contribution in [2.45, 2.75) is 33.4 Å². The highest BCUT2D eigenvalue weighted by Crippen LogP contribution is 2.35. The van der Waals surface area contributed by atoms with Crippen molar-refractivity contribution >= 4 is 55.0 Å². The van der Waals surface area contributed by atoms with Crippen LogP contribution in [0.3, 0.4) is 0 Å². The van der Waals surface area contributed by atoms with E-state index in [1.807, 2.05) is 26.0 Å². The van der Waals surface area contributed by atoms with Gasteiger partial charge in [-0.25, -0.2) is 0 Å². The number of non-ortho nitro benzene ring substituents is 2. The molecule has 0 aliphatic rings. The second-order valence-corrected chi connectivity index (χ2v) is 9.16. The average molecular weight is 495 g/mol. The van der Waals surface area contributed by atoms with Gasteiger partial charge in [0.05, 0.1) is 32.3 Å². The van der Waals surface area contributed by atoms with Gasteiger partial charge in [0.2, 0.25) is 0 Å². The van der Waals surface area contributed by atoms with E-state index in [4.69, 9.17) is 0 Å². The van der Waals surface area contributed by atoms with Gasteiger partial charge in [0.1, 0.15) is 0 Å². The number of nitrogens with zero attached hydrogens (tertiary/aromatic N) is 6. The quantitative estimate of drug-likeness (QED) is 0.200. The molecule has 4 aromatic heterocycles. The number of nitro groups is 2. The van der Waals surface area contributed by atoms with Crippen LogP contribution < -0.4 is 0 Å². The molecule has 0 saturated carbocycles. The zero-order chi connectivity index (χ0) is 25.8. The van der Waals surface area contributed by atoms with Gasteiger partial charge in [-0.15, -0.1) is 0 Å². The number of rotatable bonds is 6. The number of aromatic nitrogens is 4. The smallest absolute Gasteiger partial charge is 0.270 e. The number of hydrogen-bond acceptors (Lipinski definition) is 6. The lowest BCUT2D eigenvalue weighted by molar-refractivity contribution is -0.384. The maximum atomic E-state index is 11.4. The molecule has 184 valence electrons. The predicted octanol–water partition coefficient (Wildman–Crippen LogP) is 6.22. The van der Waals surface area contributed by atoms with Crippen LogP contribution in [0.1, 0.15) is 17.8 Å². The third kappa shape index (κ3) is 3.48. The number of aryl methyl sites for hydroxylation is 4. The summed E-state index contributed by atoms with van der Waals surface area (Å²) in [4.78, 5) is 31.0. The minimum absolute atomic E-state index is 0.0587. The molecule has 0 atom stereocenters. The van der Waals surface area contributed by atoms with E-state index in [1.54, 1.807) is 36.7 Å². The minimum Gasteiger partial charge on any atom is -0.339 e. The zero-order valence-electron chi connectivity index (χ0n) is 20.2. The third-order valence-electron chi connectivity index (χ3n) is 7.06. The first kappa shape index (κ1) is 22.6. The lowest BCUT2D eigenvalue weighted by Crippen LogP contribution is -2.06. The van der Waals surface area contributed by atoms with E-state index in [-0.39, 0.29) is 21.2 Å². The van der Waals surface area contributed by atoms with Crippen LogP contribution in [0.15, 0.2) is 60.9 Å². The summed E-state index contributed by atoms with van der Waals surface area (Å²) in [5, 5.41) is 26.3. The fourth-order valence-electron chi connectivity index (χ4n) is 5.50. The van der Waals surface area contributed by atoms with Crippen molar-refractivity contribution in [2.75, 3.05) is 0 Å². The van der Waals surface area contributed by atoms with Crippen molar-refractivity contribution in [3.05, 3.63) is 92.5 Å². The Morgan fingerprint density at radius 1 is 0.676 bits per heavy atom. The molecule has 10 nitrogen and oxygen atoms in total. The molecule has 6 rings (SSSR count). The van der Waals surface area contributed by atoms with E-state index in [0.717, 1.165) is 61.4 Å². The number of hydrogen-bond donors (Lipinski definition) is 0. The van der Waals surface area contributed by atoms with Crippen LogP contribution in [-0.4, -0.2) is 28.9 Å². The molecule has 0 unspecified atom stereocenters. The summed E-state index contributed by atoms with van der Waals surface area (Å²) in [5.41, 5.74) is 5.62. The molecule has 10 heteroatoms. The highest BCUT2D eigenvalue weighted by atomic mass is 16.6. The van der Waals surface area contributed by atoms with Gasteiger partial charge in [-0.1, -0.05) is 0 Å². The normalized spacial score (nSPS) is 11.7. The van der Waals surface area contributed by atoms with Crippen LogP contribution in [0, 0.1) is 34.1 Å². The summed E-state index contributed by atoms with van der Waals surface area (Å²) in [6, 6.07) is 13.7. The molecule has 0 bridgehead atoms. The lowest BCUT2D eigenvalue weighted by atomic mass is 10.1. The van der Waals surface area contributed by atoms with Gasteiger partial charge in [0.25, 0.3) is 11.4 Å². The first-order valence-corrected chi connectivity index (χ1v) is 11.9. The molecule has 0 spiro atoms. The van der Waals surface area contributed by atoms with Crippen molar-refractivity contribution < 1.29 is 9.85 Å². The highest BCUT2D eigenvalue weighted by Gasteiger charge is 2.19. The predicted molar refractivity (Wildman–Crippen MR) is 142 cm³/mol. The molecular formula is C27H22N6O4. The minimum atomic E-state index is -0.375. The zero-order valence-corrected chi connectivity index (χ0v) is 20.2. The molecule has 0 N–H and O–H groups in total. The van der Waals surface area contributed by atoms with E-state index in [2.05, 4.69) is 19.1 Å².